The molecular weight excluding hydrogens is 264 g/mol. The molecule has 0 fully saturated rings. The van der Waals surface area contributed by atoms with Crippen molar-refractivity contribution in [3.05, 3.63) is 12.5 Å². The van der Waals surface area contributed by atoms with E-state index >= 15 is 0 Å². The maximum atomic E-state index is 5.77. The molecule has 0 bridgehead atoms. The van der Waals surface area contributed by atoms with Gasteiger partial charge in [-0.2, -0.15) is 0 Å². The van der Waals surface area contributed by atoms with Gasteiger partial charge in [-0.15, -0.1) is 0 Å². The fourth-order valence-electron chi connectivity index (χ4n) is 2.28. The van der Waals surface area contributed by atoms with Gasteiger partial charge in [0.25, 0.3) is 0 Å². The average Bonchev–Trinajstić information content (AvgIpc) is 3.01. The molecule has 20 heavy (non-hydrogen) atoms. The lowest BCUT2D eigenvalue weighted by Gasteiger charge is -2.22. The van der Waals surface area contributed by atoms with Gasteiger partial charge in [0, 0.05) is 0 Å². The van der Waals surface area contributed by atoms with Crippen LogP contribution in [-0.2, 0) is 0 Å². The molecule has 4 heterocycles. The molecule has 0 amide bonds. The summed E-state index contributed by atoms with van der Waals surface area (Å²) in [7, 11) is 0. The van der Waals surface area contributed by atoms with Crippen molar-refractivity contribution in [2.45, 2.75) is 26.1 Å². The highest BCUT2D eigenvalue weighted by atomic mass is 16.6. The van der Waals surface area contributed by atoms with Crippen LogP contribution in [0.25, 0.3) is 11.5 Å². The van der Waals surface area contributed by atoms with Crippen molar-refractivity contribution in [1.82, 2.24) is 0 Å². The zero-order valence-corrected chi connectivity index (χ0v) is 11.2. The molecule has 2 aromatic heterocycles. The van der Waals surface area contributed by atoms with E-state index in [2.05, 4.69) is 0 Å². The number of hydrogen-bond acceptors (Lipinski definition) is 6. The Morgan fingerprint density at radius 1 is 0.800 bits per heavy atom. The number of hydrogen-bond donors (Lipinski definition) is 0. The van der Waals surface area contributed by atoms with Crippen molar-refractivity contribution >= 4 is 0 Å². The van der Waals surface area contributed by atoms with Crippen molar-refractivity contribution in [2.24, 2.45) is 0 Å². The molecule has 2 aliphatic heterocycles. The van der Waals surface area contributed by atoms with Gasteiger partial charge in [0.1, 0.15) is 37.9 Å². The highest BCUT2D eigenvalue weighted by molar-refractivity contribution is 5.72. The van der Waals surface area contributed by atoms with Gasteiger partial charge in [0.2, 0.25) is 34.5 Å². The van der Waals surface area contributed by atoms with Crippen LogP contribution in [0, 0.1) is 0 Å². The van der Waals surface area contributed by atoms with Gasteiger partial charge in [-0.3, -0.25) is 0 Å². The number of rotatable bonds is 1. The Labute approximate surface area is 115 Å². The van der Waals surface area contributed by atoms with Crippen LogP contribution in [0.1, 0.15) is 13.8 Å². The minimum Gasteiger partial charge on any atom is -0.483 e. The Kier molecular flexibility index (Phi) is 2.39. The summed E-state index contributed by atoms with van der Waals surface area (Å²) in [4.78, 5) is 0. The summed E-state index contributed by atoms with van der Waals surface area (Å²) < 4.78 is 33.7. The van der Waals surface area contributed by atoms with Crippen LogP contribution in [-0.4, -0.2) is 25.4 Å². The highest BCUT2D eigenvalue weighted by Crippen LogP contribution is 2.50. The topological polar surface area (TPSA) is 63.2 Å². The molecule has 4 rings (SSSR count). The van der Waals surface area contributed by atoms with Crippen molar-refractivity contribution < 1.29 is 27.8 Å². The molecule has 0 aliphatic carbocycles. The molecule has 0 aromatic carbocycles. The standard InChI is InChI=1S/C14H14O6/c1-7-3-15-9-5-17-13(11(9)19-7)14-12-10(6-18-14)16-4-8(2)20-12/h5-8H,3-4H2,1-2H3. The van der Waals surface area contributed by atoms with Gasteiger partial charge in [-0.05, 0) is 13.8 Å². The molecule has 2 aromatic rings. The van der Waals surface area contributed by atoms with Gasteiger partial charge in [-0.25, -0.2) is 0 Å². The third-order valence-electron chi connectivity index (χ3n) is 3.22. The van der Waals surface area contributed by atoms with E-state index in [0.29, 0.717) is 47.7 Å². The van der Waals surface area contributed by atoms with E-state index < -0.39 is 0 Å². The maximum Gasteiger partial charge on any atom is 0.219 e. The number of furan rings is 2. The zero-order chi connectivity index (χ0) is 13.7. The van der Waals surface area contributed by atoms with Crippen LogP contribution in [0.3, 0.4) is 0 Å². The van der Waals surface area contributed by atoms with Gasteiger partial charge < -0.3 is 27.8 Å². The van der Waals surface area contributed by atoms with E-state index in [1.54, 1.807) is 0 Å². The van der Waals surface area contributed by atoms with Gasteiger partial charge in [-0.1, -0.05) is 0 Å². The smallest absolute Gasteiger partial charge is 0.219 e. The Morgan fingerprint density at radius 2 is 1.25 bits per heavy atom. The molecule has 0 spiro atoms. The fourth-order valence-corrected chi connectivity index (χ4v) is 2.28. The average molecular weight is 278 g/mol. The lowest BCUT2D eigenvalue weighted by atomic mass is 10.2. The van der Waals surface area contributed by atoms with Gasteiger partial charge in [0.05, 0.1) is 0 Å². The van der Waals surface area contributed by atoms with Gasteiger partial charge >= 0.3 is 0 Å². The molecule has 2 unspecified atom stereocenters. The Hall–Kier alpha value is -2.24. The minimum atomic E-state index is -0.0410. The first kappa shape index (κ1) is 11.6. The van der Waals surface area contributed by atoms with E-state index in [0.717, 1.165) is 0 Å². The zero-order valence-electron chi connectivity index (χ0n) is 11.2. The van der Waals surface area contributed by atoms with E-state index in [-0.39, 0.29) is 12.2 Å². The van der Waals surface area contributed by atoms with Crippen molar-refractivity contribution in [1.29, 1.82) is 0 Å². The molecule has 6 nitrogen and oxygen atoms in total. The molecule has 6 heteroatoms. The minimum absolute atomic E-state index is 0.0410. The summed E-state index contributed by atoms with van der Waals surface area (Å²) >= 11 is 0. The summed E-state index contributed by atoms with van der Waals surface area (Å²) in [6.07, 6.45) is 2.94. The molecule has 2 aliphatic rings. The monoisotopic (exact) mass is 278 g/mol. The van der Waals surface area contributed by atoms with Crippen LogP contribution in [0.2, 0.25) is 0 Å². The number of ether oxygens (including phenoxy) is 4. The molecule has 106 valence electrons. The predicted octanol–water partition coefficient (Wildman–Crippen LogP) is 2.86. The summed E-state index contributed by atoms with van der Waals surface area (Å²) in [6, 6.07) is 0. The van der Waals surface area contributed by atoms with Crippen LogP contribution in [0.4, 0.5) is 0 Å². The van der Waals surface area contributed by atoms with E-state index in [9.17, 15) is 0 Å². The third kappa shape index (κ3) is 1.64. The van der Waals surface area contributed by atoms with Crippen LogP contribution >= 0.6 is 0 Å². The van der Waals surface area contributed by atoms with Crippen molar-refractivity contribution in [3.8, 4) is 34.5 Å². The SMILES string of the molecule is CC1COc2coc(-c3occ4c3OC(C)CO4)c2O1. The normalized spacial score (nSPS) is 23.7. The fraction of sp³-hybridized carbons (Fsp3) is 0.429. The summed E-state index contributed by atoms with van der Waals surface area (Å²) in [5.74, 6) is 3.17. The summed E-state index contributed by atoms with van der Waals surface area (Å²) in [5.41, 5.74) is 0. The number of fused-ring (bicyclic) bond motifs is 2. The first-order chi connectivity index (χ1) is 9.72. The van der Waals surface area contributed by atoms with Crippen LogP contribution in [0.5, 0.6) is 23.0 Å². The van der Waals surface area contributed by atoms with E-state index in [1.807, 2.05) is 13.8 Å². The third-order valence-corrected chi connectivity index (χ3v) is 3.22. The van der Waals surface area contributed by atoms with E-state index in [4.69, 9.17) is 27.8 Å². The van der Waals surface area contributed by atoms with Crippen molar-refractivity contribution in [3.63, 3.8) is 0 Å². The summed E-state index contributed by atoms with van der Waals surface area (Å²) in [5, 5.41) is 0. The predicted molar refractivity (Wildman–Crippen MR) is 67.6 cm³/mol. The Bertz CT molecular complexity index is 584. The van der Waals surface area contributed by atoms with E-state index in [1.165, 1.54) is 12.5 Å². The lowest BCUT2D eigenvalue weighted by Crippen LogP contribution is -2.26. The molecule has 0 radical (unpaired) electrons. The molecule has 0 saturated carbocycles. The summed E-state index contributed by atoms with van der Waals surface area (Å²) in [6.45, 7) is 4.86. The first-order valence-electron chi connectivity index (χ1n) is 6.54. The second-order valence-corrected chi connectivity index (χ2v) is 5.00. The van der Waals surface area contributed by atoms with Crippen LogP contribution < -0.4 is 18.9 Å². The molecule has 0 saturated heterocycles. The second kappa shape index (κ2) is 4.13. The molecule has 0 N–H and O–H groups in total. The van der Waals surface area contributed by atoms with Crippen molar-refractivity contribution in [2.75, 3.05) is 13.2 Å². The molecule has 2 atom stereocenters. The quantitative estimate of drug-likeness (QED) is 0.799. The lowest BCUT2D eigenvalue weighted by molar-refractivity contribution is 0.104. The Balaban J connectivity index is 1.79. The van der Waals surface area contributed by atoms with Gasteiger partial charge in [0.15, 0.2) is 0 Å². The second-order valence-electron chi connectivity index (χ2n) is 5.00. The maximum absolute atomic E-state index is 5.77. The molecular formula is C14H14O6. The highest BCUT2D eigenvalue weighted by Gasteiger charge is 2.33. The van der Waals surface area contributed by atoms with Crippen LogP contribution in [0.15, 0.2) is 21.4 Å². The first-order valence-corrected chi connectivity index (χ1v) is 6.54. The largest absolute Gasteiger partial charge is 0.483 e. The Morgan fingerprint density at radius 3 is 1.70 bits per heavy atom.